The second-order valence-electron chi connectivity index (χ2n) is 4.42. The highest BCUT2D eigenvalue weighted by Crippen LogP contribution is 2.09. The fourth-order valence-electron chi connectivity index (χ4n) is 1.49. The smallest absolute Gasteiger partial charge is 0.241 e. The first-order chi connectivity index (χ1) is 10.1. The minimum atomic E-state index is -0.0652. The van der Waals surface area contributed by atoms with E-state index in [0.29, 0.717) is 24.4 Å². The van der Waals surface area contributed by atoms with E-state index in [0.717, 1.165) is 0 Å². The topological polar surface area (TPSA) is 101 Å². The molecular formula is C12H18N8O. The van der Waals surface area contributed by atoms with Gasteiger partial charge in [0.2, 0.25) is 23.8 Å². The average molecular weight is 290 g/mol. The molecule has 9 nitrogen and oxygen atoms in total. The van der Waals surface area contributed by atoms with Crippen LogP contribution < -0.4 is 10.6 Å². The van der Waals surface area contributed by atoms with Crippen LogP contribution in [0.3, 0.4) is 0 Å². The Morgan fingerprint density at radius 2 is 1.95 bits per heavy atom. The zero-order valence-corrected chi connectivity index (χ0v) is 12.2. The Hall–Kier alpha value is -2.71. The van der Waals surface area contributed by atoms with Crippen molar-refractivity contribution < 1.29 is 4.79 Å². The molecule has 0 aliphatic heterocycles. The summed E-state index contributed by atoms with van der Waals surface area (Å²) in [5, 5.41) is 5.93. The van der Waals surface area contributed by atoms with Crippen molar-refractivity contribution in [2.75, 3.05) is 37.8 Å². The van der Waals surface area contributed by atoms with Crippen LogP contribution in [0.25, 0.3) is 5.95 Å². The van der Waals surface area contributed by atoms with Gasteiger partial charge in [-0.15, -0.1) is 0 Å². The highest BCUT2D eigenvalue weighted by atomic mass is 16.2. The van der Waals surface area contributed by atoms with Gasteiger partial charge in [-0.1, -0.05) is 0 Å². The maximum atomic E-state index is 11.6. The molecule has 0 spiro atoms. The van der Waals surface area contributed by atoms with Gasteiger partial charge in [-0.2, -0.15) is 15.0 Å². The van der Waals surface area contributed by atoms with Crippen LogP contribution in [0.2, 0.25) is 0 Å². The van der Waals surface area contributed by atoms with E-state index in [9.17, 15) is 4.79 Å². The fourth-order valence-corrected chi connectivity index (χ4v) is 1.49. The summed E-state index contributed by atoms with van der Waals surface area (Å²) < 4.78 is 1.67. The van der Waals surface area contributed by atoms with Gasteiger partial charge in [0.25, 0.3) is 0 Å². The maximum Gasteiger partial charge on any atom is 0.241 e. The van der Waals surface area contributed by atoms with Crippen molar-refractivity contribution in [1.82, 2.24) is 29.4 Å². The van der Waals surface area contributed by atoms with Crippen LogP contribution in [0.5, 0.6) is 0 Å². The Morgan fingerprint density at radius 3 is 2.52 bits per heavy atom. The van der Waals surface area contributed by atoms with Crippen molar-refractivity contribution in [3.05, 3.63) is 18.7 Å². The molecule has 0 saturated carbocycles. The highest BCUT2D eigenvalue weighted by molar-refractivity contribution is 5.79. The Balaban J connectivity index is 2.21. The molecule has 0 atom stereocenters. The molecule has 0 aliphatic carbocycles. The Labute approximate surface area is 122 Å². The van der Waals surface area contributed by atoms with Crippen molar-refractivity contribution in [2.24, 2.45) is 0 Å². The number of aromatic nitrogens is 5. The number of carbonyl (C=O) groups excluding carboxylic acids is 1. The minimum Gasteiger partial charge on any atom is -0.354 e. The molecule has 2 aromatic rings. The van der Waals surface area contributed by atoms with Crippen molar-refractivity contribution in [3.63, 3.8) is 0 Å². The van der Waals surface area contributed by atoms with Gasteiger partial charge < -0.3 is 15.5 Å². The molecule has 0 radical (unpaired) electrons. The molecule has 2 heterocycles. The van der Waals surface area contributed by atoms with Crippen LogP contribution in [0.4, 0.5) is 11.9 Å². The molecule has 0 bridgehead atoms. The van der Waals surface area contributed by atoms with Crippen LogP contribution >= 0.6 is 0 Å². The van der Waals surface area contributed by atoms with Gasteiger partial charge in [0.1, 0.15) is 6.33 Å². The van der Waals surface area contributed by atoms with E-state index >= 15 is 0 Å². The molecule has 2 rings (SSSR count). The number of carbonyl (C=O) groups is 1. The largest absolute Gasteiger partial charge is 0.354 e. The third-order valence-electron chi connectivity index (χ3n) is 2.59. The summed E-state index contributed by atoms with van der Waals surface area (Å²) in [5.74, 6) is 1.14. The van der Waals surface area contributed by atoms with Crippen LogP contribution in [0.15, 0.2) is 18.7 Å². The molecule has 112 valence electrons. The maximum absolute atomic E-state index is 11.6. The Morgan fingerprint density at radius 1 is 1.24 bits per heavy atom. The van der Waals surface area contributed by atoms with E-state index in [2.05, 4.69) is 30.6 Å². The third kappa shape index (κ3) is 3.88. The number of nitrogens with zero attached hydrogens (tertiary/aromatic N) is 6. The number of hydrogen-bond donors (Lipinski definition) is 2. The number of anilines is 2. The third-order valence-corrected chi connectivity index (χ3v) is 2.59. The number of rotatable bonds is 6. The summed E-state index contributed by atoms with van der Waals surface area (Å²) in [4.78, 5) is 29.8. The lowest BCUT2D eigenvalue weighted by Crippen LogP contribution is -2.29. The van der Waals surface area contributed by atoms with Crippen LogP contribution in [0.1, 0.15) is 6.92 Å². The predicted molar refractivity (Wildman–Crippen MR) is 78.3 cm³/mol. The monoisotopic (exact) mass is 290 g/mol. The Kier molecular flexibility index (Phi) is 4.64. The minimum absolute atomic E-state index is 0.0652. The second kappa shape index (κ2) is 6.64. The molecule has 0 aliphatic rings. The van der Waals surface area contributed by atoms with Gasteiger partial charge in [-0.3, -0.25) is 9.36 Å². The van der Waals surface area contributed by atoms with Gasteiger partial charge in [0.15, 0.2) is 0 Å². The molecule has 9 heteroatoms. The van der Waals surface area contributed by atoms with Gasteiger partial charge >= 0.3 is 0 Å². The van der Waals surface area contributed by atoms with E-state index in [1.54, 1.807) is 37.4 Å². The molecule has 0 fully saturated rings. The Bertz CT molecular complexity index is 595. The molecule has 0 saturated heterocycles. The average Bonchev–Trinajstić information content (AvgIpc) is 2.99. The molecule has 2 aromatic heterocycles. The van der Waals surface area contributed by atoms with E-state index in [4.69, 9.17) is 0 Å². The first-order valence-electron chi connectivity index (χ1n) is 6.52. The second-order valence-corrected chi connectivity index (χ2v) is 4.42. The molecule has 0 aromatic carbocycles. The summed E-state index contributed by atoms with van der Waals surface area (Å²) in [7, 11) is 3.39. The molecule has 0 unspecified atom stereocenters. The molecular weight excluding hydrogens is 272 g/mol. The van der Waals surface area contributed by atoms with Crippen LogP contribution in [-0.4, -0.2) is 62.5 Å². The lowest BCUT2D eigenvalue weighted by Gasteiger charge is -2.12. The van der Waals surface area contributed by atoms with Gasteiger partial charge in [-0.25, -0.2) is 4.98 Å². The first kappa shape index (κ1) is 14.7. The van der Waals surface area contributed by atoms with Crippen molar-refractivity contribution >= 4 is 17.8 Å². The van der Waals surface area contributed by atoms with Crippen LogP contribution in [-0.2, 0) is 4.79 Å². The zero-order chi connectivity index (χ0) is 15.2. The summed E-state index contributed by atoms with van der Waals surface area (Å²) in [5.41, 5.74) is 0. The normalized spacial score (nSPS) is 10.2. The standard InChI is InChI=1S/C12H18N8O/c1-4-14-10-16-11(15-7-9(21)19(2)3)18-12(17-10)20-6-5-13-8-20/h5-6,8H,4,7H2,1-3H3,(H2,14,15,16,17,18). The fraction of sp³-hybridized carbons (Fsp3) is 0.417. The van der Waals surface area contributed by atoms with Gasteiger partial charge in [-0.05, 0) is 6.92 Å². The van der Waals surface area contributed by atoms with Crippen molar-refractivity contribution in [2.45, 2.75) is 6.92 Å². The van der Waals surface area contributed by atoms with E-state index in [-0.39, 0.29) is 12.5 Å². The molecule has 1 amide bonds. The highest BCUT2D eigenvalue weighted by Gasteiger charge is 2.09. The summed E-state index contributed by atoms with van der Waals surface area (Å²) in [6, 6.07) is 0. The van der Waals surface area contributed by atoms with E-state index in [1.165, 1.54) is 4.90 Å². The summed E-state index contributed by atoms with van der Waals surface area (Å²) in [6.07, 6.45) is 4.97. The molecule has 21 heavy (non-hydrogen) atoms. The quantitative estimate of drug-likeness (QED) is 0.771. The van der Waals surface area contributed by atoms with Gasteiger partial charge in [0, 0.05) is 33.0 Å². The zero-order valence-electron chi connectivity index (χ0n) is 12.2. The molecule has 2 N–H and O–H groups in total. The van der Waals surface area contributed by atoms with E-state index in [1.807, 2.05) is 6.92 Å². The summed E-state index contributed by atoms with van der Waals surface area (Å²) >= 11 is 0. The lowest BCUT2D eigenvalue weighted by atomic mass is 10.5. The lowest BCUT2D eigenvalue weighted by molar-refractivity contribution is -0.126. The predicted octanol–water partition coefficient (Wildman–Crippen LogP) is -0.0108. The SMILES string of the molecule is CCNc1nc(NCC(=O)N(C)C)nc(-n2ccnc2)n1. The number of hydrogen-bond acceptors (Lipinski definition) is 7. The van der Waals surface area contributed by atoms with Crippen molar-refractivity contribution in [3.8, 4) is 5.95 Å². The van der Waals surface area contributed by atoms with Crippen LogP contribution in [0, 0.1) is 0 Å². The number of nitrogens with one attached hydrogen (secondary N) is 2. The number of imidazole rings is 1. The van der Waals surface area contributed by atoms with Crippen molar-refractivity contribution in [1.29, 1.82) is 0 Å². The van der Waals surface area contributed by atoms with Gasteiger partial charge in [0.05, 0.1) is 6.54 Å². The van der Waals surface area contributed by atoms with E-state index < -0.39 is 0 Å². The first-order valence-corrected chi connectivity index (χ1v) is 6.52. The summed E-state index contributed by atoms with van der Waals surface area (Å²) in [6.45, 7) is 2.75. The number of amides is 1. The number of likely N-dealkylation sites (N-methyl/N-ethyl adjacent to an activating group) is 1.